The van der Waals surface area contributed by atoms with Crippen molar-refractivity contribution >= 4 is 11.9 Å². The van der Waals surface area contributed by atoms with Gasteiger partial charge < -0.3 is 5.32 Å². The molecule has 2 N–H and O–H groups in total. The second kappa shape index (κ2) is 4.84. The van der Waals surface area contributed by atoms with E-state index in [1.54, 1.807) is 4.68 Å². The summed E-state index contributed by atoms with van der Waals surface area (Å²) in [5, 5.41) is 10.7. The summed E-state index contributed by atoms with van der Waals surface area (Å²) < 4.78 is 1.69. The number of aryl methyl sites for hydroxylation is 1. The van der Waals surface area contributed by atoms with Crippen LogP contribution in [0.1, 0.15) is 44.9 Å². The molecule has 1 saturated heterocycles. The van der Waals surface area contributed by atoms with Gasteiger partial charge in [0.15, 0.2) is 5.82 Å². The quantitative estimate of drug-likeness (QED) is 0.872. The topological polar surface area (TPSA) is 71.8 Å². The smallest absolute Gasteiger partial charge is 0.230 e. The number of piperidine rings is 1. The van der Waals surface area contributed by atoms with Crippen LogP contribution in [0.5, 0.6) is 0 Å². The molecule has 1 saturated carbocycles. The van der Waals surface area contributed by atoms with Gasteiger partial charge in [-0.3, -0.25) is 10.1 Å². The van der Waals surface area contributed by atoms with Crippen LogP contribution in [0.15, 0.2) is 0 Å². The minimum atomic E-state index is 0.0716. The Bertz CT molecular complexity index is 516. The maximum atomic E-state index is 12.1. The van der Waals surface area contributed by atoms with Crippen molar-refractivity contribution in [2.24, 2.45) is 18.4 Å². The molecule has 3 rings (SSSR count). The summed E-state index contributed by atoms with van der Waals surface area (Å²) in [6.45, 7) is 6.27. The van der Waals surface area contributed by atoms with Crippen molar-refractivity contribution in [1.29, 1.82) is 0 Å². The first-order valence-corrected chi connectivity index (χ1v) is 7.40. The SMILES string of the molecule is Cn1nc(C2CCNCC2)nc1NC(=O)[C@H]1CC1(C)C. The van der Waals surface area contributed by atoms with Crippen molar-refractivity contribution in [1.82, 2.24) is 20.1 Å². The van der Waals surface area contributed by atoms with E-state index in [1.165, 1.54) is 0 Å². The Labute approximate surface area is 119 Å². The highest BCUT2D eigenvalue weighted by Crippen LogP contribution is 2.51. The summed E-state index contributed by atoms with van der Waals surface area (Å²) in [6.07, 6.45) is 3.08. The third-order valence-corrected chi connectivity index (χ3v) is 4.55. The highest BCUT2D eigenvalue weighted by molar-refractivity contribution is 5.93. The average molecular weight is 277 g/mol. The van der Waals surface area contributed by atoms with Gasteiger partial charge in [-0.05, 0) is 37.8 Å². The number of aromatic nitrogens is 3. The monoisotopic (exact) mass is 277 g/mol. The van der Waals surface area contributed by atoms with Gasteiger partial charge in [0, 0.05) is 18.9 Å². The van der Waals surface area contributed by atoms with Crippen LogP contribution in [0.2, 0.25) is 0 Å². The molecule has 1 amide bonds. The summed E-state index contributed by atoms with van der Waals surface area (Å²) in [6, 6.07) is 0. The Morgan fingerprint density at radius 1 is 1.40 bits per heavy atom. The minimum Gasteiger partial charge on any atom is -0.317 e. The van der Waals surface area contributed by atoms with Crippen LogP contribution in [0.3, 0.4) is 0 Å². The summed E-state index contributed by atoms with van der Waals surface area (Å²) in [7, 11) is 1.84. The minimum absolute atomic E-state index is 0.0716. The molecular weight excluding hydrogens is 254 g/mol. The Hall–Kier alpha value is -1.43. The number of anilines is 1. The second-order valence-electron chi connectivity index (χ2n) is 6.68. The average Bonchev–Trinajstić information content (AvgIpc) is 2.91. The van der Waals surface area contributed by atoms with Gasteiger partial charge in [0.25, 0.3) is 0 Å². The highest BCUT2D eigenvalue weighted by atomic mass is 16.2. The fourth-order valence-corrected chi connectivity index (χ4v) is 2.88. The fourth-order valence-electron chi connectivity index (χ4n) is 2.88. The molecule has 6 nitrogen and oxygen atoms in total. The van der Waals surface area contributed by atoms with E-state index in [1.807, 2.05) is 7.05 Å². The Balaban J connectivity index is 1.68. The Kier molecular flexibility index (Phi) is 3.28. The van der Waals surface area contributed by atoms with Crippen LogP contribution in [0, 0.1) is 11.3 Å². The summed E-state index contributed by atoms with van der Waals surface area (Å²) in [4.78, 5) is 16.6. The van der Waals surface area contributed by atoms with E-state index in [4.69, 9.17) is 0 Å². The molecule has 1 aromatic heterocycles. The van der Waals surface area contributed by atoms with Crippen LogP contribution in [-0.2, 0) is 11.8 Å². The number of hydrogen-bond donors (Lipinski definition) is 2. The van der Waals surface area contributed by atoms with Crippen LogP contribution in [0.25, 0.3) is 0 Å². The molecule has 1 aromatic rings. The van der Waals surface area contributed by atoms with Crippen molar-refractivity contribution < 1.29 is 4.79 Å². The molecule has 20 heavy (non-hydrogen) atoms. The molecule has 0 aromatic carbocycles. The standard InChI is InChI=1S/C14H23N5O/c1-14(2)8-10(14)12(20)17-13-16-11(18-19(13)3)9-4-6-15-7-5-9/h9-10,15H,4-8H2,1-3H3,(H,16,17,18,20)/t10-/m1/s1. The molecule has 0 radical (unpaired) electrons. The van der Waals surface area contributed by atoms with Gasteiger partial charge in [0.2, 0.25) is 11.9 Å². The van der Waals surface area contributed by atoms with Crippen LogP contribution in [0.4, 0.5) is 5.95 Å². The van der Waals surface area contributed by atoms with Crippen molar-refractivity contribution in [2.45, 2.75) is 39.0 Å². The Morgan fingerprint density at radius 3 is 2.65 bits per heavy atom. The molecule has 0 unspecified atom stereocenters. The molecule has 1 aliphatic heterocycles. The first kappa shape index (κ1) is 13.5. The normalized spacial score (nSPS) is 25.4. The van der Waals surface area contributed by atoms with Gasteiger partial charge in [-0.1, -0.05) is 13.8 Å². The van der Waals surface area contributed by atoms with Gasteiger partial charge in [0.1, 0.15) is 0 Å². The number of amides is 1. The van der Waals surface area contributed by atoms with Gasteiger partial charge in [-0.15, -0.1) is 0 Å². The van der Waals surface area contributed by atoms with Crippen LogP contribution in [-0.4, -0.2) is 33.8 Å². The number of carbonyl (C=O) groups is 1. The highest BCUT2D eigenvalue weighted by Gasteiger charge is 2.50. The molecule has 0 spiro atoms. The van der Waals surface area contributed by atoms with Gasteiger partial charge >= 0.3 is 0 Å². The molecule has 6 heteroatoms. The number of nitrogens with zero attached hydrogens (tertiary/aromatic N) is 3. The van der Waals surface area contributed by atoms with Gasteiger partial charge in [-0.2, -0.15) is 10.1 Å². The largest absolute Gasteiger partial charge is 0.317 e. The predicted molar refractivity (Wildman–Crippen MR) is 76.4 cm³/mol. The summed E-state index contributed by atoms with van der Waals surface area (Å²) in [5.41, 5.74) is 0.139. The molecule has 1 atom stereocenters. The first-order valence-electron chi connectivity index (χ1n) is 7.40. The van der Waals surface area contributed by atoms with E-state index in [0.717, 1.165) is 38.2 Å². The maximum Gasteiger partial charge on any atom is 0.230 e. The molecule has 2 aliphatic rings. The zero-order chi connectivity index (χ0) is 14.3. The zero-order valence-corrected chi connectivity index (χ0v) is 12.4. The van der Waals surface area contributed by atoms with E-state index in [0.29, 0.717) is 11.9 Å². The van der Waals surface area contributed by atoms with Crippen molar-refractivity contribution in [2.75, 3.05) is 18.4 Å². The lowest BCUT2D eigenvalue weighted by molar-refractivity contribution is -0.118. The van der Waals surface area contributed by atoms with Gasteiger partial charge in [0.05, 0.1) is 0 Å². The maximum absolute atomic E-state index is 12.1. The van der Waals surface area contributed by atoms with Gasteiger partial charge in [-0.25, -0.2) is 4.68 Å². The van der Waals surface area contributed by atoms with E-state index >= 15 is 0 Å². The number of hydrogen-bond acceptors (Lipinski definition) is 4. The third kappa shape index (κ3) is 2.57. The van der Waals surface area contributed by atoms with E-state index in [-0.39, 0.29) is 17.2 Å². The number of nitrogens with one attached hydrogen (secondary N) is 2. The van der Waals surface area contributed by atoms with Crippen LogP contribution < -0.4 is 10.6 Å². The van der Waals surface area contributed by atoms with Crippen molar-refractivity contribution in [3.8, 4) is 0 Å². The van der Waals surface area contributed by atoms with Crippen molar-refractivity contribution in [3.05, 3.63) is 5.82 Å². The Morgan fingerprint density at radius 2 is 2.05 bits per heavy atom. The van der Waals surface area contributed by atoms with E-state index in [2.05, 4.69) is 34.6 Å². The second-order valence-corrected chi connectivity index (χ2v) is 6.68. The molecule has 2 heterocycles. The van der Waals surface area contributed by atoms with E-state index in [9.17, 15) is 4.79 Å². The van der Waals surface area contributed by atoms with Crippen LogP contribution >= 0.6 is 0 Å². The number of rotatable bonds is 3. The van der Waals surface area contributed by atoms with E-state index < -0.39 is 0 Å². The first-order chi connectivity index (χ1) is 9.47. The lowest BCUT2D eigenvalue weighted by Gasteiger charge is -2.19. The zero-order valence-electron chi connectivity index (χ0n) is 12.4. The summed E-state index contributed by atoms with van der Waals surface area (Å²) >= 11 is 0. The molecule has 2 fully saturated rings. The lowest BCUT2D eigenvalue weighted by Crippen LogP contribution is -2.27. The number of carbonyl (C=O) groups excluding carboxylic acids is 1. The molecule has 110 valence electrons. The molecule has 0 bridgehead atoms. The fraction of sp³-hybridized carbons (Fsp3) is 0.786. The lowest BCUT2D eigenvalue weighted by atomic mass is 9.98. The third-order valence-electron chi connectivity index (χ3n) is 4.55. The summed E-state index contributed by atoms with van der Waals surface area (Å²) in [5.74, 6) is 2.03. The van der Waals surface area contributed by atoms with Crippen molar-refractivity contribution in [3.63, 3.8) is 0 Å². The molecular formula is C14H23N5O. The predicted octanol–water partition coefficient (Wildman–Crippen LogP) is 1.27. The molecule has 1 aliphatic carbocycles.